The van der Waals surface area contributed by atoms with Crippen molar-refractivity contribution in [2.24, 2.45) is 5.92 Å². The number of rotatable bonds is 2. The van der Waals surface area contributed by atoms with Gasteiger partial charge >= 0.3 is 0 Å². The van der Waals surface area contributed by atoms with Gasteiger partial charge < -0.3 is 5.32 Å². The number of piperazine rings is 1. The summed E-state index contributed by atoms with van der Waals surface area (Å²) >= 11 is 0. The molecule has 0 aromatic heterocycles. The molecule has 4 fully saturated rings. The molecule has 0 aromatic rings. The molecule has 1 aliphatic carbocycles. The molecule has 1 N–H and O–H groups in total. The van der Waals surface area contributed by atoms with E-state index in [0.717, 1.165) is 24.0 Å². The van der Waals surface area contributed by atoms with E-state index in [1.165, 1.54) is 84.1 Å². The zero-order valence-electron chi connectivity index (χ0n) is 12.9. The topological polar surface area (TPSA) is 18.5 Å². The summed E-state index contributed by atoms with van der Waals surface area (Å²) in [6.45, 7) is 6.66. The second-order valence-electron chi connectivity index (χ2n) is 7.70. The summed E-state index contributed by atoms with van der Waals surface area (Å²) in [6.07, 6.45) is 11.7. The standard InChI is InChI=1S/C17H31N3/c1-2-7-17-14(5-1)11-15(18-17)12-19-9-10-20-8-4-3-6-16(20)13-19/h14-18H,1-13H2. The van der Waals surface area contributed by atoms with Gasteiger partial charge in [-0.15, -0.1) is 0 Å². The number of hydrogen-bond acceptors (Lipinski definition) is 3. The van der Waals surface area contributed by atoms with Crippen molar-refractivity contribution in [3.8, 4) is 0 Å². The van der Waals surface area contributed by atoms with Gasteiger partial charge in [0.25, 0.3) is 0 Å². The molecule has 20 heavy (non-hydrogen) atoms. The van der Waals surface area contributed by atoms with Crippen LogP contribution in [0.15, 0.2) is 0 Å². The van der Waals surface area contributed by atoms with E-state index < -0.39 is 0 Å². The number of nitrogens with zero attached hydrogens (tertiary/aromatic N) is 2. The van der Waals surface area contributed by atoms with Crippen LogP contribution in [0.25, 0.3) is 0 Å². The number of piperidine rings is 1. The zero-order valence-corrected chi connectivity index (χ0v) is 12.9. The first kappa shape index (κ1) is 13.5. The van der Waals surface area contributed by atoms with Gasteiger partial charge in [-0.1, -0.05) is 19.3 Å². The lowest BCUT2D eigenvalue weighted by molar-refractivity contribution is 0.0454. The van der Waals surface area contributed by atoms with Gasteiger partial charge in [-0.05, 0) is 44.6 Å². The maximum atomic E-state index is 3.96. The lowest BCUT2D eigenvalue weighted by Gasteiger charge is -2.44. The van der Waals surface area contributed by atoms with Crippen LogP contribution >= 0.6 is 0 Å². The van der Waals surface area contributed by atoms with Gasteiger partial charge in [0.05, 0.1) is 0 Å². The van der Waals surface area contributed by atoms with Crippen LogP contribution in [0.2, 0.25) is 0 Å². The predicted molar refractivity (Wildman–Crippen MR) is 82.9 cm³/mol. The van der Waals surface area contributed by atoms with Crippen molar-refractivity contribution in [1.29, 1.82) is 0 Å². The molecule has 3 aliphatic heterocycles. The van der Waals surface area contributed by atoms with Gasteiger partial charge in [-0.25, -0.2) is 0 Å². The van der Waals surface area contributed by atoms with Crippen LogP contribution in [0.3, 0.4) is 0 Å². The quantitative estimate of drug-likeness (QED) is 0.834. The van der Waals surface area contributed by atoms with Gasteiger partial charge in [0.2, 0.25) is 0 Å². The Morgan fingerprint density at radius 1 is 0.900 bits per heavy atom. The predicted octanol–water partition coefficient (Wildman–Crippen LogP) is 2.08. The molecule has 1 saturated carbocycles. The number of fused-ring (bicyclic) bond motifs is 2. The van der Waals surface area contributed by atoms with E-state index in [1.807, 2.05) is 0 Å². The molecule has 114 valence electrons. The van der Waals surface area contributed by atoms with E-state index in [2.05, 4.69) is 15.1 Å². The van der Waals surface area contributed by atoms with Gasteiger partial charge in [-0.3, -0.25) is 9.80 Å². The smallest absolute Gasteiger partial charge is 0.0223 e. The van der Waals surface area contributed by atoms with Crippen molar-refractivity contribution in [3.63, 3.8) is 0 Å². The summed E-state index contributed by atoms with van der Waals surface area (Å²) < 4.78 is 0. The molecule has 0 radical (unpaired) electrons. The fraction of sp³-hybridized carbons (Fsp3) is 1.00. The van der Waals surface area contributed by atoms with Crippen LogP contribution in [0.1, 0.15) is 51.4 Å². The maximum absolute atomic E-state index is 3.96. The van der Waals surface area contributed by atoms with Crippen LogP contribution in [0, 0.1) is 5.92 Å². The highest BCUT2D eigenvalue weighted by atomic mass is 15.3. The Morgan fingerprint density at radius 2 is 1.80 bits per heavy atom. The minimum atomic E-state index is 0.790. The third kappa shape index (κ3) is 2.77. The van der Waals surface area contributed by atoms with Crippen molar-refractivity contribution in [3.05, 3.63) is 0 Å². The Labute approximate surface area is 124 Å². The van der Waals surface area contributed by atoms with Crippen molar-refractivity contribution in [2.75, 3.05) is 32.7 Å². The van der Waals surface area contributed by atoms with Crippen molar-refractivity contribution < 1.29 is 0 Å². The van der Waals surface area contributed by atoms with Crippen molar-refractivity contribution >= 4 is 0 Å². The fourth-order valence-electron chi connectivity index (χ4n) is 5.27. The minimum Gasteiger partial charge on any atom is -0.310 e. The number of nitrogens with one attached hydrogen (secondary N) is 1. The summed E-state index contributed by atoms with van der Waals surface area (Å²) in [6, 6.07) is 2.53. The summed E-state index contributed by atoms with van der Waals surface area (Å²) in [5, 5.41) is 3.96. The van der Waals surface area contributed by atoms with E-state index in [0.29, 0.717) is 0 Å². The molecule has 0 bridgehead atoms. The van der Waals surface area contributed by atoms with Gasteiger partial charge in [0, 0.05) is 44.3 Å². The summed E-state index contributed by atoms with van der Waals surface area (Å²) in [5.41, 5.74) is 0. The monoisotopic (exact) mass is 277 g/mol. The number of hydrogen-bond donors (Lipinski definition) is 1. The lowest BCUT2D eigenvalue weighted by Crippen LogP contribution is -2.56. The van der Waals surface area contributed by atoms with E-state index in [9.17, 15) is 0 Å². The van der Waals surface area contributed by atoms with Crippen LogP contribution in [-0.2, 0) is 0 Å². The van der Waals surface area contributed by atoms with Crippen molar-refractivity contribution in [1.82, 2.24) is 15.1 Å². The van der Waals surface area contributed by atoms with E-state index in [1.54, 1.807) is 0 Å². The lowest BCUT2D eigenvalue weighted by atomic mass is 9.85. The second-order valence-corrected chi connectivity index (χ2v) is 7.70. The molecule has 4 unspecified atom stereocenters. The Morgan fingerprint density at radius 3 is 2.75 bits per heavy atom. The summed E-state index contributed by atoms with van der Waals surface area (Å²) in [4.78, 5) is 5.52. The normalized spacial score (nSPS) is 43.2. The third-order valence-electron chi connectivity index (χ3n) is 6.35. The molecule has 4 rings (SSSR count). The van der Waals surface area contributed by atoms with Gasteiger partial charge in [0.1, 0.15) is 0 Å². The Bertz CT molecular complexity index is 318. The van der Waals surface area contributed by atoms with E-state index in [4.69, 9.17) is 0 Å². The second kappa shape index (κ2) is 5.94. The molecule has 3 heterocycles. The van der Waals surface area contributed by atoms with E-state index >= 15 is 0 Å². The first-order valence-corrected chi connectivity index (χ1v) is 9.11. The Balaban J connectivity index is 1.29. The van der Waals surface area contributed by atoms with Crippen LogP contribution in [0.4, 0.5) is 0 Å². The molecule has 0 amide bonds. The molecular weight excluding hydrogens is 246 g/mol. The summed E-state index contributed by atoms with van der Waals surface area (Å²) in [5.74, 6) is 1.00. The molecule has 3 nitrogen and oxygen atoms in total. The highest BCUT2D eigenvalue weighted by Gasteiger charge is 2.37. The zero-order chi connectivity index (χ0) is 13.4. The van der Waals surface area contributed by atoms with Gasteiger partial charge in [-0.2, -0.15) is 0 Å². The fourth-order valence-corrected chi connectivity index (χ4v) is 5.27. The third-order valence-corrected chi connectivity index (χ3v) is 6.35. The molecule has 0 aromatic carbocycles. The van der Waals surface area contributed by atoms with E-state index in [-0.39, 0.29) is 0 Å². The highest BCUT2D eigenvalue weighted by molar-refractivity contribution is 4.95. The molecule has 3 heteroatoms. The van der Waals surface area contributed by atoms with Crippen LogP contribution in [-0.4, -0.2) is 60.6 Å². The largest absolute Gasteiger partial charge is 0.310 e. The Kier molecular flexibility index (Phi) is 4.02. The Hall–Kier alpha value is -0.120. The molecule has 0 spiro atoms. The molecule has 3 saturated heterocycles. The molecular formula is C17H31N3. The minimum absolute atomic E-state index is 0.790. The van der Waals surface area contributed by atoms with Crippen LogP contribution < -0.4 is 5.32 Å². The molecule has 4 atom stereocenters. The first-order chi connectivity index (χ1) is 9.88. The van der Waals surface area contributed by atoms with Crippen molar-refractivity contribution in [2.45, 2.75) is 69.5 Å². The van der Waals surface area contributed by atoms with Gasteiger partial charge in [0.15, 0.2) is 0 Å². The molecule has 4 aliphatic rings. The SMILES string of the molecule is C1CCC2NC(CN3CCN4CCCCC4C3)CC2C1. The maximum Gasteiger partial charge on any atom is 0.0223 e. The average Bonchev–Trinajstić information content (AvgIpc) is 2.89. The average molecular weight is 277 g/mol. The summed E-state index contributed by atoms with van der Waals surface area (Å²) in [7, 11) is 0. The van der Waals surface area contributed by atoms with Crippen LogP contribution in [0.5, 0.6) is 0 Å². The first-order valence-electron chi connectivity index (χ1n) is 9.11. The highest BCUT2D eigenvalue weighted by Crippen LogP contribution is 2.33.